The van der Waals surface area contributed by atoms with E-state index in [2.05, 4.69) is 73.2 Å². The number of rotatable bonds is 6. The van der Waals surface area contributed by atoms with Crippen LogP contribution in [0.5, 0.6) is 0 Å². The summed E-state index contributed by atoms with van der Waals surface area (Å²) in [6, 6.07) is 9.19. The molecule has 0 bridgehead atoms. The Labute approximate surface area is 116 Å². The maximum absolute atomic E-state index is 3.54. The lowest BCUT2D eigenvalue weighted by atomic mass is 10.2. The van der Waals surface area contributed by atoms with Crippen LogP contribution in [0.1, 0.15) is 19.4 Å². The van der Waals surface area contributed by atoms with Crippen LogP contribution < -0.4 is 5.32 Å². The maximum Gasteiger partial charge on any atom is 0.0481 e. The zero-order chi connectivity index (χ0) is 13.8. The zero-order valence-corrected chi connectivity index (χ0v) is 12.5. The number of fused-ring (bicyclic) bond motifs is 1. The molecule has 0 spiro atoms. The van der Waals surface area contributed by atoms with Crippen molar-refractivity contribution in [2.75, 3.05) is 20.1 Å². The first kappa shape index (κ1) is 14.1. The van der Waals surface area contributed by atoms with Gasteiger partial charge in [-0.15, -0.1) is 0 Å². The SMILES string of the molecule is CC(C)N(C)CCNCc1cn(C)c2ccccc12. The van der Waals surface area contributed by atoms with Gasteiger partial charge in [-0.3, -0.25) is 0 Å². The zero-order valence-electron chi connectivity index (χ0n) is 12.5. The summed E-state index contributed by atoms with van der Waals surface area (Å²) in [7, 11) is 4.28. The topological polar surface area (TPSA) is 20.2 Å². The fourth-order valence-corrected chi connectivity index (χ4v) is 2.30. The van der Waals surface area contributed by atoms with E-state index in [1.165, 1.54) is 16.5 Å². The van der Waals surface area contributed by atoms with Gasteiger partial charge in [0.1, 0.15) is 0 Å². The molecule has 0 unspecified atom stereocenters. The smallest absolute Gasteiger partial charge is 0.0481 e. The lowest BCUT2D eigenvalue weighted by Gasteiger charge is -2.20. The molecule has 0 amide bonds. The van der Waals surface area contributed by atoms with Crippen molar-refractivity contribution in [1.82, 2.24) is 14.8 Å². The van der Waals surface area contributed by atoms with Crippen LogP contribution in [0.3, 0.4) is 0 Å². The Bertz CT molecular complexity index is 528. The quantitative estimate of drug-likeness (QED) is 0.805. The van der Waals surface area contributed by atoms with Crippen LogP contribution in [0.25, 0.3) is 10.9 Å². The lowest BCUT2D eigenvalue weighted by molar-refractivity contribution is 0.273. The van der Waals surface area contributed by atoms with E-state index in [-0.39, 0.29) is 0 Å². The van der Waals surface area contributed by atoms with Gasteiger partial charge >= 0.3 is 0 Å². The average Bonchev–Trinajstić information content (AvgIpc) is 2.72. The molecule has 0 fully saturated rings. The van der Waals surface area contributed by atoms with Gasteiger partial charge in [0.25, 0.3) is 0 Å². The molecule has 1 heterocycles. The number of hydrogen-bond acceptors (Lipinski definition) is 2. The molecular formula is C16H25N3. The Hall–Kier alpha value is -1.32. The van der Waals surface area contributed by atoms with E-state index in [0.717, 1.165) is 19.6 Å². The summed E-state index contributed by atoms with van der Waals surface area (Å²) in [6.45, 7) is 7.50. The predicted octanol–water partition coefficient (Wildman–Crippen LogP) is 2.61. The molecule has 1 N–H and O–H groups in total. The molecular weight excluding hydrogens is 234 g/mol. The highest BCUT2D eigenvalue weighted by Gasteiger charge is 2.06. The van der Waals surface area contributed by atoms with E-state index in [1.807, 2.05) is 0 Å². The minimum absolute atomic E-state index is 0.611. The molecule has 0 radical (unpaired) electrons. The van der Waals surface area contributed by atoms with Crippen molar-refractivity contribution >= 4 is 10.9 Å². The van der Waals surface area contributed by atoms with Crippen molar-refractivity contribution in [2.24, 2.45) is 7.05 Å². The highest BCUT2D eigenvalue weighted by molar-refractivity contribution is 5.83. The third-order valence-corrected chi connectivity index (χ3v) is 3.82. The summed E-state index contributed by atoms with van der Waals surface area (Å²) in [5.41, 5.74) is 2.68. The van der Waals surface area contributed by atoms with Crippen LogP contribution in [0.4, 0.5) is 0 Å². The summed E-state index contributed by atoms with van der Waals surface area (Å²) in [5.74, 6) is 0. The summed E-state index contributed by atoms with van der Waals surface area (Å²) in [4.78, 5) is 2.36. The van der Waals surface area contributed by atoms with E-state index in [9.17, 15) is 0 Å². The second-order valence-corrected chi connectivity index (χ2v) is 5.53. The molecule has 0 saturated carbocycles. The van der Waals surface area contributed by atoms with Gasteiger partial charge in [0.05, 0.1) is 0 Å². The van der Waals surface area contributed by atoms with Crippen molar-refractivity contribution in [1.29, 1.82) is 0 Å². The summed E-state index contributed by atoms with van der Waals surface area (Å²) < 4.78 is 2.20. The van der Waals surface area contributed by atoms with Gasteiger partial charge in [-0.05, 0) is 32.5 Å². The Morgan fingerprint density at radius 1 is 1.26 bits per heavy atom. The number of aryl methyl sites for hydroxylation is 1. The third kappa shape index (κ3) is 3.37. The first-order valence-corrected chi connectivity index (χ1v) is 7.03. The molecule has 1 aromatic heterocycles. The van der Waals surface area contributed by atoms with Crippen molar-refractivity contribution in [3.63, 3.8) is 0 Å². The van der Waals surface area contributed by atoms with Crippen LogP contribution >= 0.6 is 0 Å². The van der Waals surface area contributed by atoms with Crippen molar-refractivity contribution in [3.8, 4) is 0 Å². The number of hydrogen-bond donors (Lipinski definition) is 1. The lowest BCUT2D eigenvalue weighted by Crippen LogP contribution is -2.33. The normalized spacial score (nSPS) is 11.9. The monoisotopic (exact) mass is 259 g/mol. The van der Waals surface area contributed by atoms with Crippen molar-refractivity contribution < 1.29 is 0 Å². The number of benzene rings is 1. The second-order valence-electron chi connectivity index (χ2n) is 5.53. The number of likely N-dealkylation sites (N-methyl/N-ethyl adjacent to an activating group) is 1. The minimum Gasteiger partial charge on any atom is -0.350 e. The minimum atomic E-state index is 0.611. The highest BCUT2D eigenvalue weighted by atomic mass is 15.1. The molecule has 3 nitrogen and oxygen atoms in total. The fourth-order valence-electron chi connectivity index (χ4n) is 2.30. The molecule has 19 heavy (non-hydrogen) atoms. The molecule has 0 aliphatic carbocycles. The van der Waals surface area contributed by atoms with Crippen LogP contribution in [-0.4, -0.2) is 35.6 Å². The molecule has 3 heteroatoms. The summed E-state index contributed by atoms with van der Waals surface area (Å²) in [6.07, 6.45) is 2.23. The van der Waals surface area contributed by atoms with Crippen LogP contribution in [0.2, 0.25) is 0 Å². The number of para-hydroxylation sites is 1. The van der Waals surface area contributed by atoms with Crippen molar-refractivity contribution in [3.05, 3.63) is 36.0 Å². The largest absolute Gasteiger partial charge is 0.350 e. The maximum atomic E-state index is 3.54. The van der Waals surface area contributed by atoms with E-state index in [4.69, 9.17) is 0 Å². The molecule has 0 aliphatic heterocycles. The molecule has 104 valence electrons. The van der Waals surface area contributed by atoms with E-state index in [0.29, 0.717) is 6.04 Å². The Balaban J connectivity index is 1.92. The molecule has 0 saturated heterocycles. The number of nitrogens with one attached hydrogen (secondary N) is 1. The summed E-state index contributed by atoms with van der Waals surface area (Å²) in [5, 5.41) is 4.89. The fraction of sp³-hybridized carbons (Fsp3) is 0.500. The van der Waals surface area contributed by atoms with Crippen molar-refractivity contribution in [2.45, 2.75) is 26.4 Å². The standard InChI is InChI=1S/C16H25N3/c1-13(2)18(3)10-9-17-11-14-12-19(4)16-8-6-5-7-15(14)16/h5-8,12-13,17H,9-11H2,1-4H3. The predicted molar refractivity (Wildman–Crippen MR) is 82.4 cm³/mol. The first-order chi connectivity index (χ1) is 9.09. The van der Waals surface area contributed by atoms with Gasteiger partial charge in [-0.25, -0.2) is 0 Å². The Kier molecular flexibility index (Phi) is 4.61. The Morgan fingerprint density at radius 2 is 2.00 bits per heavy atom. The molecule has 2 rings (SSSR count). The third-order valence-electron chi connectivity index (χ3n) is 3.82. The second kappa shape index (κ2) is 6.22. The molecule has 0 atom stereocenters. The molecule has 1 aromatic carbocycles. The van der Waals surface area contributed by atoms with E-state index >= 15 is 0 Å². The van der Waals surface area contributed by atoms with Gasteiger partial charge < -0.3 is 14.8 Å². The summed E-state index contributed by atoms with van der Waals surface area (Å²) >= 11 is 0. The first-order valence-electron chi connectivity index (χ1n) is 7.03. The molecule has 2 aromatic rings. The Morgan fingerprint density at radius 3 is 2.74 bits per heavy atom. The van der Waals surface area contributed by atoms with Gasteiger partial charge in [-0.2, -0.15) is 0 Å². The van der Waals surface area contributed by atoms with Crippen LogP contribution in [0.15, 0.2) is 30.5 Å². The van der Waals surface area contributed by atoms with Gasteiger partial charge in [-0.1, -0.05) is 18.2 Å². The van der Waals surface area contributed by atoms with E-state index < -0.39 is 0 Å². The van der Waals surface area contributed by atoms with Gasteiger partial charge in [0.2, 0.25) is 0 Å². The van der Waals surface area contributed by atoms with Crippen LogP contribution in [-0.2, 0) is 13.6 Å². The van der Waals surface area contributed by atoms with Crippen LogP contribution in [0, 0.1) is 0 Å². The molecule has 0 aliphatic rings. The average molecular weight is 259 g/mol. The highest BCUT2D eigenvalue weighted by Crippen LogP contribution is 2.19. The van der Waals surface area contributed by atoms with E-state index in [1.54, 1.807) is 0 Å². The van der Waals surface area contributed by atoms with Gasteiger partial charge in [0, 0.05) is 49.8 Å². The van der Waals surface area contributed by atoms with Gasteiger partial charge in [0.15, 0.2) is 0 Å². The number of nitrogens with zero attached hydrogens (tertiary/aromatic N) is 2. The number of aromatic nitrogens is 1.